The molecule has 0 unspecified atom stereocenters. The number of esters is 1. The third-order valence-corrected chi connectivity index (χ3v) is 4.82. The van der Waals surface area contributed by atoms with Crippen molar-refractivity contribution < 1.29 is 18.7 Å². The quantitative estimate of drug-likeness (QED) is 0.687. The number of carbonyl (C=O) groups is 2. The molecule has 0 spiro atoms. The number of hydrogen-bond donors (Lipinski definition) is 1. The largest absolute Gasteiger partial charge is 0.452 e. The average Bonchev–Trinajstić information content (AvgIpc) is 3.19. The molecule has 0 aliphatic carbocycles. The van der Waals surface area contributed by atoms with Crippen molar-refractivity contribution in [2.24, 2.45) is 0 Å². The Bertz CT molecular complexity index is 947. The third kappa shape index (κ3) is 3.80. The van der Waals surface area contributed by atoms with E-state index in [1.54, 1.807) is 0 Å². The van der Waals surface area contributed by atoms with Gasteiger partial charge in [0.05, 0.1) is 5.56 Å². The van der Waals surface area contributed by atoms with Crippen LogP contribution in [0.3, 0.4) is 0 Å². The van der Waals surface area contributed by atoms with Gasteiger partial charge in [0, 0.05) is 17.4 Å². The van der Waals surface area contributed by atoms with Gasteiger partial charge in [-0.1, -0.05) is 18.2 Å². The lowest BCUT2D eigenvalue weighted by Gasteiger charge is -2.05. The Morgan fingerprint density at radius 1 is 1.19 bits per heavy atom. The van der Waals surface area contributed by atoms with Crippen LogP contribution < -0.4 is 5.32 Å². The van der Waals surface area contributed by atoms with Crippen molar-refractivity contribution in [2.45, 2.75) is 27.4 Å². The molecule has 2 aromatic heterocycles. The highest BCUT2D eigenvalue weighted by Gasteiger charge is 2.22. The summed E-state index contributed by atoms with van der Waals surface area (Å²) in [5.41, 5.74) is 1.92. The first-order chi connectivity index (χ1) is 12.5. The Balaban J connectivity index is 1.72. The van der Waals surface area contributed by atoms with Crippen molar-refractivity contribution in [3.63, 3.8) is 0 Å². The molecule has 0 saturated carbocycles. The fourth-order valence-corrected chi connectivity index (χ4v) is 3.42. The first-order valence-electron chi connectivity index (χ1n) is 7.88. The van der Waals surface area contributed by atoms with Gasteiger partial charge in [-0.25, -0.2) is 4.79 Å². The Morgan fingerprint density at radius 2 is 1.92 bits per heavy atom. The maximum atomic E-state index is 12.5. The number of amides is 1. The molecule has 0 atom stereocenters. The van der Waals surface area contributed by atoms with Crippen LogP contribution in [0.25, 0.3) is 11.5 Å². The second kappa shape index (κ2) is 7.49. The minimum absolute atomic E-state index is 0.146. The second-order valence-corrected chi connectivity index (χ2v) is 6.84. The van der Waals surface area contributed by atoms with E-state index in [1.807, 2.05) is 44.2 Å². The molecule has 3 aromatic rings. The molecule has 26 heavy (non-hydrogen) atoms. The lowest BCUT2D eigenvalue weighted by atomic mass is 10.1. The van der Waals surface area contributed by atoms with E-state index in [0.717, 1.165) is 16.0 Å². The first kappa shape index (κ1) is 17.8. The number of ether oxygens (including phenoxy) is 1. The highest BCUT2D eigenvalue weighted by atomic mass is 32.1. The summed E-state index contributed by atoms with van der Waals surface area (Å²) in [7, 11) is 0. The molecule has 1 N–H and O–H groups in total. The van der Waals surface area contributed by atoms with Gasteiger partial charge in [0.25, 0.3) is 5.89 Å². The predicted octanol–water partition coefficient (Wildman–Crippen LogP) is 3.73. The zero-order chi connectivity index (χ0) is 18.7. The topological polar surface area (TPSA) is 94.3 Å². The minimum atomic E-state index is -0.546. The SMILES string of the molecule is CC(=O)Nc1sc(C)c(C)c1C(=O)OCc1nnc(-c2ccccc2)o1. The molecule has 8 heteroatoms. The van der Waals surface area contributed by atoms with Crippen molar-refractivity contribution in [1.29, 1.82) is 0 Å². The smallest absolute Gasteiger partial charge is 0.341 e. The van der Waals surface area contributed by atoms with Crippen molar-refractivity contribution in [3.8, 4) is 11.5 Å². The van der Waals surface area contributed by atoms with E-state index < -0.39 is 5.97 Å². The van der Waals surface area contributed by atoms with Crippen LogP contribution in [0.4, 0.5) is 5.00 Å². The van der Waals surface area contributed by atoms with Gasteiger partial charge in [0.15, 0.2) is 6.61 Å². The average molecular weight is 371 g/mol. The number of nitrogens with one attached hydrogen (secondary N) is 1. The predicted molar refractivity (Wildman–Crippen MR) is 97.0 cm³/mol. The molecule has 134 valence electrons. The summed E-state index contributed by atoms with van der Waals surface area (Å²) in [6, 6.07) is 9.32. The molecule has 0 saturated heterocycles. The van der Waals surface area contributed by atoms with Crippen LogP contribution in [0.5, 0.6) is 0 Å². The Morgan fingerprint density at radius 3 is 2.62 bits per heavy atom. The molecule has 3 rings (SSSR count). The summed E-state index contributed by atoms with van der Waals surface area (Å²) in [6.07, 6.45) is 0. The summed E-state index contributed by atoms with van der Waals surface area (Å²) >= 11 is 1.34. The zero-order valence-electron chi connectivity index (χ0n) is 14.5. The van der Waals surface area contributed by atoms with E-state index in [4.69, 9.17) is 9.15 Å². The van der Waals surface area contributed by atoms with Crippen molar-refractivity contribution >= 4 is 28.2 Å². The molecule has 0 radical (unpaired) electrons. The van der Waals surface area contributed by atoms with Crippen molar-refractivity contribution in [2.75, 3.05) is 5.32 Å². The number of aromatic nitrogens is 2. The van der Waals surface area contributed by atoms with E-state index in [0.29, 0.717) is 16.5 Å². The summed E-state index contributed by atoms with van der Waals surface area (Å²) in [6.45, 7) is 4.94. The highest BCUT2D eigenvalue weighted by Crippen LogP contribution is 2.33. The molecule has 0 aliphatic rings. The standard InChI is InChI=1S/C18H17N3O4S/c1-10-11(2)26-17(19-12(3)22)15(10)18(23)24-9-14-20-21-16(25-14)13-7-5-4-6-8-13/h4-8H,9H2,1-3H3,(H,19,22). The fourth-order valence-electron chi connectivity index (χ4n) is 2.33. The number of benzene rings is 1. The summed E-state index contributed by atoms with van der Waals surface area (Å²) in [4.78, 5) is 24.7. The van der Waals surface area contributed by atoms with Gasteiger partial charge in [0.2, 0.25) is 11.8 Å². The molecular formula is C18H17N3O4S. The van der Waals surface area contributed by atoms with E-state index in [1.165, 1.54) is 18.3 Å². The second-order valence-electron chi connectivity index (χ2n) is 5.61. The molecule has 7 nitrogen and oxygen atoms in total. The van der Waals surface area contributed by atoms with Crippen LogP contribution in [0, 0.1) is 13.8 Å². The number of rotatable bonds is 5. The molecule has 1 amide bonds. The van der Waals surface area contributed by atoms with Gasteiger partial charge >= 0.3 is 5.97 Å². The van der Waals surface area contributed by atoms with Crippen LogP contribution in [0.15, 0.2) is 34.7 Å². The van der Waals surface area contributed by atoms with Crippen LogP contribution in [-0.4, -0.2) is 22.1 Å². The number of thiophene rings is 1. The van der Waals surface area contributed by atoms with Crippen LogP contribution in [-0.2, 0) is 16.1 Å². The summed E-state index contributed by atoms with van der Waals surface area (Å²) in [5, 5.41) is 11.0. The maximum absolute atomic E-state index is 12.5. The van der Waals surface area contributed by atoms with Gasteiger partial charge in [-0.05, 0) is 31.5 Å². The molecular weight excluding hydrogens is 354 g/mol. The summed E-state index contributed by atoms with van der Waals surface area (Å²) < 4.78 is 10.8. The van der Waals surface area contributed by atoms with E-state index >= 15 is 0 Å². The highest BCUT2D eigenvalue weighted by molar-refractivity contribution is 7.16. The number of aryl methyl sites for hydroxylation is 1. The number of carbonyl (C=O) groups excluding carboxylic acids is 2. The van der Waals surface area contributed by atoms with Gasteiger partial charge in [-0.15, -0.1) is 21.5 Å². The molecule has 2 heterocycles. The monoisotopic (exact) mass is 371 g/mol. The minimum Gasteiger partial charge on any atom is -0.452 e. The normalized spacial score (nSPS) is 10.6. The number of anilines is 1. The maximum Gasteiger partial charge on any atom is 0.341 e. The molecule has 0 fully saturated rings. The molecule has 0 bridgehead atoms. The Hall–Kier alpha value is -3.00. The van der Waals surface area contributed by atoms with Crippen LogP contribution in [0.1, 0.15) is 33.6 Å². The van der Waals surface area contributed by atoms with Gasteiger partial charge in [-0.2, -0.15) is 0 Å². The number of hydrogen-bond acceptors (Lipinski definition) is 7. The molecule has 0 aliphatic heterocycles. The fraction of sp³-hybridized carbons (Fsp3) is 0.222. The Kier molecular flexibility index (Phi) is 5.13. The van der Waals surface area contributed by atoms with E-state index in [2.05, 4.69) is 15.5 Å². The van der Waals surface area contributed by atoms with Crippen molar-refractivity contribution in [1.82, 2.24) is 10.2 Å². The number of nitrogens with zero attached hydrogens (tertiary/aromatic N) is 2. The lowest BCUT2D eigenvalue weighted by molar-refractivity contribution is -0.114. The van der Waals surface area contributed by atoms with Crippen LogP contribution >= 0.6 is 11.3 Å². The van der Waals surface area contributed by atoms with Crippen LogP contribution in [0.2, 0.25) is 0 Å². The molecule has 1 aromatic carbocycles. The van der Waals surface area contributed by atoms with Gasteiger partial charge in [0.1, 0.15) is 5.00 Å². The van der Waals surface area contributed by atoms with E-state index in [-0.39, 0.29) is 18.4 Å². The first-order valence-corrected chi connectivity index (χ1v) is 8.70. The van der Waals surface area contributed by atoms with Crippen molar-refractivity contribution in [3.05, 3.63) is 52.2 Å². The lowest BCUT2D eigenvalue weighted by Crippen LogP contribution is -2.12. The van der Waals surface area contributed by atoms with Gasteiger partial charge in [-0.3, -0.25) is 4.79 Å². The Labute approximate surface area is 154 Å². The zero-order valence-corrected chi connectivity index (χ0v) is 15.3. The third-order valence-electron chi connectivity index (χ3n) is 3.69. The summed E-state index contributed by atoms with van der Waals surface area (Å²) in [5.74, 6) is -0.235. The van der Waals surface area contributed by atoms with E-state index in [9.17, 15) is 9.59 Å². The van der Waals surface area contributed by atoms with Gasteiger partial charge < -0.3 is 14.5 Å².